The molecule has 0 aromatic carbocycles. The molecular weight excluding hydrogens is 301 g/mol. The fourth-order valence-corrected chi connectivity index (χ4v) is 2.41. The van der Waals surface area contributed by atoms with Crippen LogP contribution in [0.2, 0.25) is 0 Å². The summed E-state index contributed by atoms with van der Waals surface area (Å²) in [5.74, 6) is -1.27. The second-order valence-corrected chi connectivity index (χ2v) is 6.19. The van der Waals surface area contributed by atoms with Crippen molar-refractivity contribution in [3.05, 3.63) is 17.0 Å². The fraction of sp³-hybridized carbons (Fsp3) is 0.643. The maximum atomic E-state index is 13.0. The number of halogens is 3. The summed E-state index contributed by atoms with van der Waals surface area (Å²) in [6.07, 6.45) is -3.93. The number of aromatic nitrogens is 2. The van der Waals surface area contributed by atoms with E-state index in [1.54, 1.807) is 20.8 Å². The van der Waals surface area contributed by atoms with Gasteiger partial charge in [0.1, 0.15) is 12.1 Å². The summed E-state index contributed by atoms with van der Waals surface area (Å²) in [4.78, 5) is 23.6. The van der Waals surface area contributed by atoms with Crippen LogP contribution in [0.15, 0.2) is 0 Å². The number of nitrogens with zero attached hydrogens (tertiary/aromatic N) is 2. The van der Waals surface area contributed by atoms with Gasteiger partial charge in [-0.2, -0.15) is 18.3 Å². The zero-order valence-corrected chi connectivity index (χ0v) is 12.6. The Balaban J connectivity index is 2.37. The summed E-state index contributed by atoms with van der Waals surface area (Å²) in [5, 5.41) is 3.45. The molecule has 1 aromatic rings. The minimum absolute atomic E-state index is 0.0637. The number of Topliss-reactive ketones (excluding diaryl/α,β-unsaturated/α-hetero) is 1. The lowest BCUT2D eigenvalue weighted by Gasteiger charge is -2.20. The molecule has 0 aliphatic heterocycles. The van der Waals surface area contributed by atoms with Crippen LogP contribution in [0, 0.1) is 0 Å². The van der Waals surface area contributed by atoms with Crippen molar-refractivity contribution in [1.82, 2.24) is 9.78 Å². The molecule has 0 N–H and O–H groups in total. The van der Waals surface area contributed by atoms with Gasteiger partial charge in [0.25, 0.3) is 0 Å². The van der Waals surface area contributed by atoms with Gasteiger partial charge in [-0.25, -0.2) is 0 Å². The molecule has 1 aromatic heterocycles. The SMILES string of the molecule is CC(C)(C)OC(=O)Cn1nc(C(F)(F)F)c2c1CCCC2=O. The molecule has 0 atom stereocenters. The number of ether oxygens (including phenoxy) is 1. The van der Waals surface area contributed by atoms with Gasteiger partial charge in [-0.15, -0.1) is 0 Å². The van der Waals surface area contributed by atoms with Crippen LogP contribution in [-0.4, -0.2) is 27.1 Å². The average Bonchev–Trinajstić information content (AvgIpc) is 2.67. The molecule has 0 radical (unpaired) electrons. The summed E-state index contributed by atoms with van der Waals surface area (Å²) in [6, 6.07) is 0. The third kappa shape index (κ3) is 3.48. The van der Waals surface area contributed by atoms with E-state index in [2.05, 4.69) is 5.10 Å². The lowest BCUT2D eigenvalue weighted by atomic mass is 9.94. The largest absolute Gasteiger partial charge is 0.459 e. The molecule has 1 aliphatic rings. The van der Waals surface area contributed by atoms with Gasteiger partial charge in [-0.3, -0.25) is 14.3 Å². The van der Waals surface area contributed by atoms with Crippen LogP contribution in [0.4, 0.5) is 13.2 Å². The van der Waals surface area contributed by atoms with E-state index in [1.807, 2.05) is 0 Å². The zero-order valence-electron chi connectivity index (χ0n) is 12.6. The van der Waals surface area contributed by atoms with Crippen LogP contribution >= 0.6 is 0 Å². The number of carbonyl (C=O) groups is 2. The van der Waals surface area contributed by atoms with Crippen molar-refractivity contribution in [1.29, 1.82) is 0 Å². The summed E-state index contributed by atoms with van der Waals surface area (Å²) in [5.41, 5.74) is -2.19. The van der Waals surface area contributed by atoms with Gasteiger partial charge in [-0.1, -0.05) is 0 Å². The van der Waals surface area contributed by atoms with E-state index in [-0.39, 0.29) is 18.5 Å². The third-order valence-electron chi connectivity index (χ3n) is 3.12. The number of fused-ring (bicyclic) bond motifs is 1. The third-order valence-corrected chi connectivity index (χ3v) is 3.12. The molecular formula is C14H17F3N2O3. The Hall–Kier alpha value is -1.86. The fourth-order valence-electron chi connectivity index (χ4n) is 2.41. The summed E-state index contributed by atoms with van der Waals surface area (Å²) >= 11 is 0. The van der Waals surface area contributed by atoms with Gasteiger partial charge in [0, 0.05) is 6.42 Å². The van der Waals surface area contributed by atoms with Crippen molar-refractivity contribution in [2.75, 3.05) is 0 Å². The number of rotatable bonds is 2. The summed E-state index contributed by atoms with van der Waals surface area (Å²) < 4.78 is 45.1. The lowest BCUT2D eigenvalue weighted by molar-refractivity contribution is -0.156. The Labute approximate surface area is 125 Å². The molecule has 0 saturated heterocycles. The van der Waals surface area contributed by atoms with Crippen LogP contribution < -0.4 is 0 Å². The van der Waals surface area contributed by atoms with Crippen LogP contribution in [0.5, 0.6) is 0 Å². The molecule has 0 bridgehead atoms. The van der Waals surface area contributed by atoms with Gasteiger partial charge >= 0.3 is 12.1 Å². The maximum Gasteiger partial charge on any atom is 0.435 e. The molecule has 1 aliphatic carbocycles. The predicted molar refractivity (Wildman–Crippen MR) is 70.3 cm³/mol. The first-order chi connectivity index (χ1) is 9.99. The van der Waals surface area contributed by atoms with Crippen molar-refractivity contribution in [3.63, 3.8) is 0 Å². The number of hydrogen-bond acceptors (Lipinski definition) is 4. The molecule has 0 unspecified atom stereocenters. The van der Waals surface area contributed by atoms with Gasteiger partial charge in [0.05, 0.1) is 11.3 Å². The highest BCUT2D eigenvalue weighted by Crippen LogP contribution is 2.35. The van der Waals surface area contributed by atoms with E-state index in [1.165, 1.54) is 0 Å². The van der Waals surface area contributed by atoms with Crippen LogP contribution in [0.1, 0.15) is 55.4 Å². The Bertz CT molecular complexity index is 612. The quantitative estimate of drug-likeness (QED) is 0.787. The van der Waals surface area contributed by atoms with Crippen molar-refractivity contribution in [2.24, 2.45) is 0 Å². The molecule has 1 heterocycles. The highest BCUT2D eigenvalue weighted by atomic mass is 19.4. The molecule has 122 valence electrons. The minimum atomic E-state index is -4.73. The molecule has 22 heavy (non-hydrogen) atoms. The first-order valence-electron chi connectivity index (χ1n) is 6.91. The van der Waals surface area contributed by atoms with E-state index in [9.17, 15) is 22.8 Å². The number of ketones is 1. The van der Waals surface area contributed by atoms with Gasteiger partial charge in [0.2, 0.25) is 0 Å². The van der Waals surface area contributed by atoms with Crippen molar-refractivity contribution >= 4 is 11.8 Å². The number of carbonyl (C=O) groups excluding carboxylic acids is 2. The summed E-state index contributed by atoms with van der Waals surface area (Å²) in [7, 11) is 0. The summed E-state index contributed by atoms with van der Waals surface area (Å²) in [6.45, 7) is 4.54. The first-order valence-corrected chi connectivity index (χ1v) is 6.91. The smallest absolute Gasteiger partial charge is 0.435 e. The number of esters is 1. The van der Waals surface area contributed by atoms with Gasteiger partial charge in [-0.05, 0) is 33.6 Å². The predicted octanol–water partition coefficient (Wildman–Crippen LogP) is 2.76. The monoisotopic (exact) mass is 318 g/mol. The van der Waals surface area contributed by atoms with Crippen molar-refractivity contribution < 1.29 is 27.5 Å². The van der Waals surface area contributed by atoms with E-state index in [0.717, 1.165) is 4.68 Å². The standard InChI is InChI=1S/C14H17F3N2O3/c1-13(2,3)22-10(21)7-19-8-5-4-6-9(20)11(8)12(18-19)14(15,16)17/h4-7H2,1-3H3. The van der Waals surface area contributed by atoms with Crippen LogP contribution in [0.3, 0.4) is 0 Å². The second kappa shape index (κ2) is 5.40. The lowest BCUT2D eigenvalue weighted by Crippen LogP contribution is -2.27. The topological polar surface area (TPSA) is 61.2 Å². The van der Waals surface area contributed by atoms with Gasteiger partial charge < -0.3 is 4.74 Å². The van der Waals surface area contributed by atoms with E-state index in [4.69, 9.17) is 4.74 Å². The second-order valence-electron chi connectivity index (χ2n) is 6.19. The Morgan fingerprint density at radius 2 is 1.91 bits per heavy atom. The molecule has 0 amide bonds. The van der Waals surface area contributed by atoms with Crippen molar-refractivity contribution in [2.45, 2.75) is 58.4 Å². The molecule has 0 saturated carbocycles. The molecule has 8 heteroatoms. The molecule has 5 nitrogen and oxygen atoms in total. The van der Waals surface area contributed by atoms with E-state index >= 15 is 0 Å². The van der Waals surface area contributed by atoms with Crippen molar-refractivity contribution in [3.8, 4) is 0 Å². The average molecular weight is 318 g/mol. The normalized spacial score (nSPS) is 15.6. The van der Waals surface area contributed by atoms with E-state index in [0.29, 0.717) is 6.42 Å². The number of hydrogen-bond donors (Lipinski definition) is 0. The van der Waals surface area contributed by atoms with Crippen LogP contribution in [0.25, 0.3) is 0 Å². The molecule has 0 spiro atoms. The van der Waals surface area contributed by atoms with Gasteiger partial charge in [0.15, 0.2) is 11.5 Å². The Morgan fingerprint density at radius 3 is 2.45 bits per heavy atom. The molecule has 2 rings (SSSR count). The highest BCUT2D eigenvalue weighted by Gasteiger charge is 2.42. The van der Waals surface area contributed by atoms with Crippen LogP contribution in [-0.2, 0) is 28.7 Å². The highest BCUT2D eigenvalue weighted by molar-refractivity contribution is 5.99. The zero-order chi connectivity index (χ0) is 16.7. The Kier molecular flexibility index (Phi) is 4.06. The molecule has 0 fully saturated rings. The van der Waals surface area contributed by atoms with E-state index < -0.39 is 41.3 Å². The number of alkyl halides is 3. The minimum Gasteiger partial charge on any atom is -0.459 e. The first kappa shape index (κ1) is 16.5. The Morgan fingerprint density at radius 1 is 1.27 bits per heavy atom. The maximum absolute atomic E-state index is 13.0.